The van der Waals surface area contributed by atoms with Gasteiger partial charge in [-0.25, -0.2) is 4.98 Å². The van der Waals surface area contributed by atoms with Crippen molar-refractivity contribution in [3.05, 3.63) is 57.6 Å². The second-order valence-electron chi connectivity index (χ2n) is 6.33. The Hall–Kier alpha value is -2.82. The Morgan fingerprint density at radius 2 is 1.72 bits per heavy atom. The van der Waals surface area contributed by atoms with Crippen molar-refractivity contribution in [1.29, 1.82) is 0 Å². The summed E-state index contributed by atoms with van der Waals surface area (Å²) in [6.45, 7) is 1.85. The molecule has 0 saturated carbocycles. The van der Waals surface area contributed by atoms with Gasteiger partial charge in [0.05, 0.1) is 30.8 Å². The molecule has 2 aromatic carbocycles. The highest BCUT2D eigenvalue weighted by Crippen LogP contribution is 2.31. The molecule has 0 N–H and O–H groups in total. The molecule has 0 unspecified atom stereocenters. The van der Waals surface area contributed by atoms with Crippen LogP contribution in [0.2, 0.25) is 0 Å². The summed E-state index contributed by atoms with van der Waals surface area (Å²) in [6.07, 6.45) is 3.37. The monoisotopic (exact) mass is 336 g/mol. The van der Waals surface area contributed by atoms with Crippen LogP contribution in [0.1, 0.15) is 23.4 Å². The number of aryl methyl sites for hydroxylation is 3. The minimum absolute atomic E-state index is 0.0959. The maximum absolute atomic E-state index is 13.1. The summed E-state index contributed by atoms with van der Waals surface area (Å²) in [5.74, 6) is 1.75. The predicted molar refractivity (Wildman–Crippen MR) is 97.2 cm³/mol. The molecule has 5 heteroatoms. The van der Waals surface area contributed by atoms with Crippen molar-refractivity contribution in [2.75, 3.05) is 14.2 Å². The van der Waals surface area contributed by atoms with Gasteiger partial charge in [0.15, 0.2) is 11.5 Å². The second-order valence-corrected chi connectivity index (χ2v) is 6.33. The van der Waals surface area contributed by atoms with Gasteiger partial charge in [0, 0.05) is 6.07 Å². The van der Waals surface area contributed by atoms with E-state index in [9.17, 15) is 4.79 Å². The summed E-state index contributed by atoms with van der Waals surface area (Å²) in [4.78, 5) is 17.8. The summed E-state index contributed by atoms with van der Waals surface area (Å²) < 4.78 is 12.3. The molecule has 1 aliphatic carbocycles. The molecule has 0 aliphatic heterocycles. The first-order chi connectivity index (χ1) is 12.1. The smallest absolute Gasteiger partial charge is 0.266 e. The number of benzene rings is 2. The van der Waals surface area contributed by atoms with Crippen LogP contribution in [0.25, 0.3) is 16.6 Å². The Bertz CT molecular complexity index is 1040. The van der Waals surface area contributed by atoms with Crippen LogP contribution in [0.4, 0.5) is 0 Å². The van der Waals surface area contributed by atoms with E-state index in [1.54, 1.807) is 30.9 Å². The van der Waals surface area contributed by atoms with Crippen LogP contribution >= 0.6 is 0 Å². The molecule has 5 nitrogen and oxygen atoms in total. The van der Waals surface area contributed by atoms with Crippen molar-refractivity contribution in [3.63, 3.8) is 0 Å². The second kappa shape index (κ2) is 5.92. The molecule has 128 valence electrons. The minimum Gasteiger partial charge on any atom is -0.493 e. The largest absolute Gasteiger partial charge is 0.493 e. The first-order valence-electron chi connectivity index (χ1n) is 8.40. The number of hydrogen-bond donors (Lipinski definition) is 0. The van der Waals surface area contributed by atoms with Gasteiger partial charge >= 0.3 is 0 Å². The Labute approximate surface area is 145 Å². The number of nitrogens with zero attached hydrogens (tertiary/aromatic N) is 2. The van der Waals surface area contributed by atoms with E-state index in [1.807, 2.05) is 13.0 Å². The van der Waals surface area contributed by atoms with E-state index in [1.165, 1.54) is 17.5 Å². The molecule has 4 rings (SSSR count). The van der Waals surface area contributed by atoms with Crippen molar-refractivity contribution in [1.82, 2.24) is 9.55 Å². The standard InChI is InChI=1S/C20H20N2O3/c1-12-21-17-11-19(25-3)18(24-2)10-16(17)20(23)22(12)15-8-7-13-5-4-6-14(13)9-15/h7-11H,4-6H2,1-3H3. The topological polar surface area (TPSA) is 53.4 Å². The zero-order chi connectivity index (χ0) is 17.6. The third kappa shape index (κ3) is 2.47. The number of rotatable bonds is 3. The lowest BCUT2D eigenvalue weighted by Gasteiger charge is -2.14. The summed E-state index contributed by atoms with van der Waals surface area (Å²) >= 11 is 0. The SMILES string of the molecule is COc1cc2nc(C)n(-c3ccc4c(c3)CCC4)c(=O)c2cc1OC. The summed E-state index contributed by atoms with van der Waals surface area (Å²) in [6, 6.07) is 9.70. The van der Waals surface area contributed by atoms with Gasteiger partial charge in [0.1, 0.15) is 5.82 Å². The average Bonchev–Trinajstić information content (AvgIpc) is 3.08. The van der Waals surface area contributed by atoms with E-state index in [0.29, 0.717) is 28.2 Å². The van der Waals surface area contributed by atoms with Crippen LogP contribution in [-0.2, 0) is 12.8 Å². The number of methoxy groups -OCH3 is 2. The molecule has 0 fully saturated rings. The van der Waals surface area contributed by atoms with Crippen molar-refractivity contribution >= 4 is 10.9 Å². The highest BCUT2D eigenvalue weighted by Gasteiger charge is 2.16. The molecule has 0 atom stereocenters. The van der Waals surface area contributed by atoms with Crippen LogP contribution in [0, 0.1) is 6.92 Å². The molecular formula is C20H20N2O3. The molecular weight excluding hydrogens is 316 g/mol. The molecule has 1 aliphatic rings. The minimum atomic E-state index is -0.0959. The lowest BCUT2D eigenvalue weighted by atomic mass is 10.1. The summed E-state index contributed by atoms with van der Waals surface area (Å²) in [5.41, 5.74) is 4.09. The van der Waals surface area contributed by atoms with E-state index in [4.69, 9.17) is 9.47 Å². The number of ether oxygens (including phenoxy) is 2. The van der Waals surface area contributed by atoms with Crippen LogP contribution in [0.3, 0.4) is 0 Å². The lowest BCUT2D eigenvalue weighted by molar-refractivity contribution is 0.355. The normalized spacial score (nSPS) is 13.1. The molecule has 0 spiro atoms. The summed E-state index contributed by atoms with van der Waals surface area (Å²) in [5, 5.41) is 0.517. The first-order valence-corrected chi connectivity index (χ1v) is 8.40. The van der Waals surface area contributed by atoms with E-state index >= 15 is 0 Å². The van der Waals surface area contributed by atoms with Gasteiger partial charge in [-0.2, -0.15) is 0 Å². The maximum atomic E-state index is 13.1. The van der Waals surface area contributed by atoms with Gasteiger partial charge in [0.2, 0.25) is 0 Å². The molecule has 1 aromatic heterocycles. The Morgan fingerprint density at radius 3 is 2.48 bits per heavy atom. The molecule has 3 aromatic rings. The maximum Gasteiger partial charge on any atom is 0.266 e. The van der Waals surface area contributed by atoms with Crippen molar-refractivity contribution in [2.24, 2.45) is 0 Å². The van der Waals surface area contributed by atoms with Gasteiger partial charge in [-0.1, -0.05) is 6.07 Å². The van der Waals surface area contributed by atoms with Crippen LogP contribution < -0.4 is 15.0 Å². The average molecular weight is 336 g/mol. The fourth-order valence-corrected chi connectivity index (χ4v) is 3.63. The predicted octanol–water partition coefficient (Wildman–Crippen LogP) is 3.20. The third-order valence-electron chi connectivity index (χ3n) is 4.88. The van der Waals surface area contributed by atoms with Gasteiger partial charge in [0.25, 0.3) is 5.56 Å². The highest BCUT2D eigenvalue weighted by atomic mass is 16.5. The van der Waals surface area contributed by atoms with Crippen molar-refractivity contribution in [2.45, 2.75) is 26.2 Å². The van der Waals surface area contributed by atoms with E-state index < -0.39 is 0 Å². The fraction of sp³-hybridized carbons (Fsp3) is 0.300. The number of hydrogen-bond acceptors (Lipinski definition) is 4. The van der Waals surface area contributed by atoms with E-state index in [2.05, 4.69) is 17.1 Å². The lowest BCUT2D eigenvalue weighted by Crippen LogP contribution is -2.22. The molecule has 0 amide bonds. The van der Waals surface area contributed by atoms with Crippen LogP contribution in [0.15, 0.2) is 35.1 Å². The van der Waals surface area contributed by atoms with Gasteiger partial charge in [-0.05, 0) is 55.5 Å². The van der Waals surface area contributed by atoms with E-state index in [-0.39, 0.29) is 5.56 Å². The Kier molecular flexibility index (Phi) is 3.71. The van der Waals surface area contributed by atoms with Crippen LogP contribution in [0.5, 0.6) is 11.5 Å². The molecule has 0 radical (unpaired) electrons. The molecule has 0 bridgehead atoms. The summed E-state index contributed by atoms with van der Waals surface area (Å²) in [7, 11) is 3.13. The Morgan fingerprint density at radius 1 is 1.00 bits per heavy atom. The first kappa shape index (κ1) is 15.7. The van der Waals surface area contributed by atoms with Crippen LogP contribution in [-0.4, -0.2) is 23.8 Å². The number of fused-ring (bicyclic) bond motifs is 2. The third-order valence-corrected chi connectivity index (χ3v) is 4.88. The molecule has 1 heterocycles. The van der Waals surface area contributed by atoms with E-state index in [0.717, 1.165) is 18.5 Å². The Balaban J connectivity index is 1.97. The van der Waals surface area contributed by atoms with Crippen molar-refractivity contribution in [3.8, 4) is 17.2 Å². The molecule has 0 saturated heterocycles. The van der Waals surface area contributed by atoms with Gasteiger partial charge in [-0.3, -0.25) is 9.36 Å². The number of aromatic nitrogens is 2. The molecule has 25 heavy (non-hydrogen) atoms. The van der Waals surface area contributed by atoms with Gasteiger partial charge < -0.3 is 9.47 Å². The van der Waals surface area contributed by atoms with Crippen molar-refractivity contribution < 1.29 is 9.47 Å². The van der Waals surface area contributed by atoms with Gasteiger partial charge in [-0.15, -0.1) is 0 Å². The fourth-order valence-electron chi connectivity index (χ4n) is 3.63. The zero-order valence-electron chi connectivity index (χ0n) is 14.6. The quantitative estimate of drug-likeness (QED) is 0.737. The zero-order valence-corrected chi connectivity index (χ0v) is 14.6. The highest BCUT2D eigenvalue weighted by molar-refractivity contribution is 5.82.